The fourth-order valence-corrected chi connectivity index (χ4v) is 2.94. The molecule has 0 bridgehead atoms. The second-order valence-electron chi connectivity index (χ2n) is 6.07. The van der Waals surface area contributed by atoms with Gasteiger partial charge in [-0.25, -0.2) is 4.98 Å². The van der Waals surface area contributed by atoms with Gasteiger partial charge in [0.25, 0.3) is 0 Å². The van der Waals surface area contributed by atoms with Crippen LogP contribution in [0.5, 0.6) is 0 Å². The van der Waals surface area contributed by atoms with Crippen LogP contribution in [-0.4, -0.2) is 42.0 Å². The lowest BCUT2D eigenvalue weighted by molar-refractivity contribution is -0.131. The molecular weight excluding hydrogens is 274 g/mol. The summed E-state index contributed by atoms with van der Waals surface area (Å²) in [5.41, 5.74) is 0. The molecule has 1 amide bonds. The van der Waals surface area contributed by atoms with E-state index in [1.165, 1.54) is 32.1 Å². The molecule has 122 valence electrons. The van der Waals surface area contributed by atoms with E-state index in [0.29, 0.717) is 5.91 Å². The minimum absolute atomic E-state index is 0.330. The van der Waals surface area contributed by atoms with Crippen molar-refractivity contribution in [2.24, 2.45) is 0 Å². The van der Waals surface area contributed by atoms with Gasteiger partial charge in [-0.3, -0.25) is 4.79 Å². The van der Waals surface area contributed by atoms with Crippen LogP contribution in [-0.2, 0) is 4.79 Å². The summed E-state index contributed by atoms with van der Waals surface area (Å²) in [7, 11) is 0. The fourth-order valence-electron chi connectivity index (χ4n) is 2.94. The molecule has 22 heavy (non-hydrogen) atoms. The summed E-state index contributed by atoms with van der Waals surface area (Å²) >= 11 is 0. The van der Waals surface area contributed by atoms with E-state index in [2.05, 4.69) is 16.8 Å². The van der Waals surface area contributed by atoms with Crippen molar-refractivity contribution >= 4 is 11.7 Å². The number of amides is 1. The van der Waals surface area contributed by atoms with E-state index in [4.69, 9.17) is 0 Å². The van der Waals surface area contributed by atoms with E-state index in [0.717, 1.165) is 44.8 Å². The minimum atomic E-state index is 0.330. The molecule has 0 unspecified atom stereocenters. The van der Waals surface area contributed by atoms with Gasteiger partial charge in [0.15, 0.2) is 0 Å². The Morgan fingerprint density at radius 3 is 2.45 bits per heavy atom. The smallest absolute Gasteiger partial charge is 0.222 e. The average Bonchev–Trinajstić information content (AvgIpc) is 2.59. The summed E-state index contributed by atoms with van der Waals surface area (Å²) in [6, 6.07) is 5.98. The number of carbonyl (C=O) groups is 1. The molecule has 1 fully saturated rings. The van der Waals surface area contributed by atoms with Gasteiger partial charge in [0.2, 0.25) is 5.91 Å². The van der Waals surface area contributed by atoms with Crippen LogP contribution < -0.4 is 4.90 Å². The summed E-state index contributed by atoms with van der Waals surface area (Å²) in [5, 5.41) is 0. The molecule has 4 nitrogen and oxygen atoms in total. The van der Waals surface area contributed by atoms with Crippen molar-refractivity contribution in [2.75, 3.05) is 31.1 Å². The van der Waals surface area contributed by atoms with Gasteiger partial charge in [0, 0.05) is 38.8 Å². The maximum Gasteiger partial charge on any atom is 0.222 e. The zero-order chi connectivity index (χ0) is 15.6. The molecule has 4 heteroatoms. The zero-order valence-corrected chi connectivity index (χ0v) is 13.8. The van der Waals surface area contributed by atoms with Gasteiger partial charge in [-0.15, -0.1) is 0 Å². The predicted octanol–water partition coefficient (Wildman–Crippen LogP) is 3.48. The van der Waals surface area contributed by atoms with Gasteiger partial charge in [-0.05, 0) is 18.6 Å². The number of carbonyl (C=O) groups excluding carboxylic acids is 1. The molecule has 0 N–H and O–H groups in total. The summed E-state index contributed by atoms with van der Waals surface area (Å²) in [5.74, 6) is 1.35. The van der Waals surface area contributed by atoms with Gasteiger partial charge in [-0.2, -0.15) is 0 Å². The van der Waals surface area contributed by atoms with Crippen LogP contribution in [0.25, 0.3) is 0 Å². The first-order chi connectivity index (χ1) is 10.8. The van der Waals surface area contributed by atoms with E-state index in [-0.39, 0.29) is 0 Å². The summed E-state index contributed by atoms with van der Waals surface area (Å²) in [4.78, 5) is 20.9. The molecule has 1 aromatic rings. The van der Waals surface area contributed by atoms with Crippen molar-refractivity contribution in [3.05, 3.63) is 24.4 Å². The van der Waals surface area contributed by atoms with Gasteiger partial charge < -0.3 is 9.80 Å². The standard InChI is InChI=1S/C18H29N3O/c1-2-3-4-5-6-7-11-18(22)21-15-13-20(14-16-21)17-10-8-9-12-19-17/h8-10,12H,2-7,11,13-16H2,1H3. The van der Waals surface area contributed by atoms with Crippen LogP contribution in [0.15, 0.2) is 24.4 Å². The van der Waals surface area contributed by atoms with Crippen molar-refractivity contribution in [1.82, 2.24) is 9.88 Å². The Bertz CT molecular complexity index is 427. The van der Waals surface area contributed by atoms with Gasteiger partial charge in [-0.1, -0.05) is 45.1 Å². The highest BCUT2D eigenvalue weighted by molar-refractivity contribution is 5.76. The van der Waals surface area contributed by atoms with Crippen LogP contribution >= 0.6 is 0 Å². The Kier molecular flexibility index (Phi) is 7.20. The Labute approximate surface area is 134 Å². The number of unbranched alkanes of at least 4 members (excludes halogenated alkanes) is 5. The van der Waals surface area contributed by atoms with Gasteiger partial charge in [0.05, 0.1) is 0 Å². The normalized spacial score (nSPS) is 15.1. The SMILES string of the molecule is CCCCCCCCC(=O)N1CCN(c2ccccn2)CC1. The molecule has 1 aromatic heterocycles. The molecule has 2 heterocycles. The van der Waals surface area contributed by atoms with Crippen molar-refractivity contribution < 1.29 is 4.79 Å². The van der Waals surface area contributed by atoms with E-state index >= 15 is 0 Å². The fraction of sp³-hybridized carbons (Fsp3) is 0.667. The lowest BCUT2D eigenvalue weighted by Crippen LogP contribution is -2.49. The van der Waals surface area contributed by atoms with Gasteiger partial charge >= 0.3 is 0 Å². The summed E-state index contributed by atoms with van der Waals surface area (Å²) in [6.07, 6.45) is 9.97. The third kappa shape index (κ3) is 5.32. The molecule has 2 rings (SSSR count). The predicted molar refractivity (Wildman–Crippen MR) is 91.0 cm³/mol. The molecule has 0 aliphatic carbocycles. The molecule has 0 spiro atoms. The van der Waals surface area contributed by atoms with Crippen LogP contribution in [0.3, 0.4) is 0 Å². The number of hydrogen-bond donors (Lipinski definition) is 0. The first kappa shape index (κ1) is 16.8. The first-order valence-electron chi connectivity index (χ1n) is 8.75. The van der Waals surface area contributed by atoms with E-state index in [9.17, 15) is 4.79 Å². The number of nitrogens with zero attached hydrogens (tertiary/aromatic N) is 3. The minimum Gasteiger partial charge on any atom is -0.353 e. The number of rotatable bonds is 8. The Hall–Kier alpha value is -1.58. The number of hydrogen-bond acceptors (Lipinski definition) is 3. The van der Waals surface area contributed by atoms with E-state index in [1.54, 1.807) is 0 Å². The van der Waals surface area contributed by atoms with Crippen molar-refractivity contribution in [1.29, 1.82) is 0 Å². The molecule has 1 aliphatic rings. The third-order valence-corrected chi connectivity index (χ3v) is 4.35. The maximum atomic E-state index is 12.2. The lowest BCUT2D eigenvalue weighted by Gasteiger charge is -2.35. The Morgan fingerprint density at radius 1 is 1.05 bits per heavy atom. The van der Waals surface area contributed by atoms with E-state index < -0.39 is 0 Å². The van der Waals surface area contributed by atoms with Crippen molar-refractivity contribution in [3.8, 4) is 0 Å². The van der Waals surface area contributed by atoms with Crippen LogP contribution in [0, 0.1) is 0 Å². The Morgan fingerprint density at radius 2 is 1.77 bits per heavy atom. The Balaban J connectivity index is 1.63. The zero-order valence-electron chi connectivity index (χ0n) is 13.8. The first-order valence-corrected chi connectivity index (χ1v) is 8.75. The van der Waals surface area contributed by atoms with E-state index in [1.807, 2.05) is 29.3 Å². The van der Waals surface area contributed by atoms with Gasteiger partial charge in [0.1, 0.15) is 5.82 Å². The number of anilines is 1. The van der Waals surface area contributed by atoms with Crippen LogP contribution in [0.2, 0.25) is 0 Å². The number of aromatic nitrogens is 1. The van der Waals surface area contributed by atoms with Crippen LogP contribution in [0.1, 0.15) is 51.9 Å². The number of pyridine rings is 1. The molecule has 1 aliphatic heterocycles. The molecule has 0 saturated carbocycles. The second-order valence-corrected chi connectivity index (χ2v) is 6.07. The second kappa shape index (κ2) is 9.44. The lowest BCUT2D eigenvalue weighted by atomic mass is 10.1. The highest BCUT2D eigenvalue weighted by Crippen LogP contribution is 2.14. The quantitative estimate of drug-likeness (QED) is 0.690. The topological polar surface area (TPSA) is 36.4 Å². The summed E-state index contributed by atoms with van der Waals surface area (Å²) in [6.45, 7) is 5.66. The highest BCUT2D eigenvalue weighted by atomic mass is 16.2. The third-order valence-electron chi connectivity index (χ3n) is 4.35. The molecule has 0 atom stereocenters. The van der Waals surface area contributed by atoms with Crippen LogP contribution in [0.4, 0.5) is 5.82 Å². The number of piperazine rings is 1. The largest absolute Gasteiger partial charge is 0.353 e. The average molecular weight is 303 g/mol. The maximum absolute atomic E-state index is 12.2. The highest BCUT2D eigenvalue weighted by Gasteiger charge is 2.21. The van der Waals surface area contributed by atoms with Crippen molar-refractivity contribution in [3.63, 3.8) is 0 Å². The molecule has 1 saturated heterocycles. The van der Waals surface area contributed by atoms with Crippen molar-refractivity contribution in [2.45, 2.75) is 51.9 Å². The monoisotopic (exact) mass is 303 g/mol. The molecule has 0 aromatic carbocycles. The molecule has 0 radical (unpaired) electrons. The molecular formula is C18H29N3O. The summed E-state index contributed by atoms with van der Waals surface area (Å²) < 4.78 is 0.